The minimum absolute atomic E-state index is 0. The fraction of sp³-hybridized carbons (Fsp3) is 0.818. The summed E-state index contributed by atoms with van der Waals surface area (Å²) in [5.41, 5.74) is -0.829. The summed E-state index contributed by atoms with van der Waals surface area (Å²) in [6, 6.07) is -1.48. The number of carbonyl (C=O) groups excluding carboxylic acids is 2. The van der Waals surface area contributed by atoms with Gasteiger partial charge < -0.3 is 20.5 Å². The molecular formula is C11H22N2NaO7S. The summed E-state index contributed by atoms with van der Waals surface area (Å²) in [6.45, 7) is 1.49. The van der Waals surface area contributed by atoms with Gasteiger partial charge in [-0.15, -0.1) is 0 Å². The normalized spacial score (nSPS) is 14.8. The molecule has 2 amide bonds. The van der Waals surface area contributed by atoms with Crippen LogP contribution < -0.4 is 10.6 Å². The van der Waals surface area contributed by atoms with E-state index in [1.54, 1.807) is 20.8 Å². The van der Waals surface area contributed by atoms with Crippen molar-refractivity contribution in [1.82, 2.24) is 10.6 Å². The first-order valence-electron chi connectivity index (χ1n) is 7.03. The van der Waals surface area contributed by atoms with Crippen LogP contribution >= 0.6 is 0 Å². The van der Waals surface area contributed by atoms with Gasteiger partial charge in [-0.2, -0.15) is 8.42 Å². The fourth-order valence-electron chi connectivity index (χ4n) is 1.06. The summed E-state index contributed by atoms with van der Waals surface area (Å²) >= 11 is 0. The molecule has 4 N–H and O–H groups in total. The third-order valence-electron chi connectivity index (χ3n) is 1.89. The molecule has 0 fully saturated rings. The Kier molecular flexibility index (Phi) is 9.29. The molecule has 0 aromatic carbocycles. The first-order valence-corrected chi connectivity index (χ1v) is 7.64. The Morgan fingerprint density at radius 3 is 2.32 bits per heavy atom. The second-order valence-electron chi connectivity index (χ2n) is 5.08. The molecule has 0 rings (SSSR count). The summed E-state index contributed by atoms with van der Waals surface area (Å²) in [7, 11) is -4.39. The number of aliphatic hydroxyl groups excluding tert-OH is 1. The van der Waals surface area contributed by atoms with Crippen LogP contribution in [-0.2, 0) is 19.6 Å². The van der Waals surface area contributed by atoms with Gasteiger partial charge in [-0.25, -0.2) is 4.79 Å². The van der Waals surface area contributed by atoms with Gasteiger partial charge in [0.05, 0.1) is 12.4 Å². The quantitative estimate of drug-likeness (QED) is 0.336. The molecule has 1 radical (unpaired) electrons. The third kappa shape index (κ3) is 13.3. The van der Waals surface area contributed by atoms with Gasteiger partial charge in [-0.05, 0) is 27.2 Å². The second kappa shape index (κ2) is 10.4. The van der Waals surface area contributed by atoms with Crippen LogP contribution in [0, 0.1) is 0 Å². The van der Waals surface area contributed by atoms with E-state index in [0.717, 1.165) is 0 Å². The molecule has 0 saturated heterocycles. The maximum absolute atomic E-state index is 11.8. The van der Waals surface area contributed by atoms with Gasteiger partial charge in [0.15, 0.2) is 0 Å². The molecule has 1 atom stereocenters. The molecule has 0 aliphatic heterocycles. The number of rotatable bonds is 7. The molecule has 9 nitrogen and oxygen atoms in total. The zero-order valence-electron chi connectivity index (χ0n) is 15.0. The van der Waals surface area contributed by atoms with Crippen molar-refractivity contribution in [3.63, 3.8) is 0 Å². The monoisotopic (exact) mass is 351 g/mol. The van der Waals surface area contributed by atoms with E-state index in [0.29, 0.717) is 0 Å². The Balaban J connectivity index is 0. The van der Waals surface area contributed by atoms with Crippen molar-refractivity contribution in [2.75, 3.05) is 18.9 Å². The third-order valence-corrected chi connectivity index (χ3v) is 2.61. The summed E-state index contributed by atoms with van der Waals surface area (Å²) < 4.78 is 49.6. The van der Waals surface area contributed by atoms with Crippen LogP contribution in [0.3, 0.4) is 0 Å². The molecule has 125 valence electrons. The van der Waals surface area contributed by atoms with E-state index >= 15 is 0 Å². The molecule has 22 heavy (non-hydrogen) atoms. The molecule has 0 unspecified atom stereocenters. The smallest absolute Gasteiger partial charge is 0.408 e. The van der Waals surface area contributed by atoms with Gasteiger partial charge in [0.2, 0.25) is 5.91 Å². The van der Waals surface area contributed by atoms with E-state index in [1.165, 1.54) is 0 Å². The average molecular weight is 351 g/mol. The fourth-order valence-corrected chi connectivity index (χ4v) is 1.42. The molecule has 0 aromatic rings. The van der Waals surface area contributed by atoms with Gasteiger partial charge in [0.25, 0.3) is 10.1 Å². The molecule has 0 saturated carbocycles. The number of hydrogen-bond donors (Lipinski definition) is 4. The van der Waals surface area contributed by atoms with Crippen LogP contribution in [0.4, 0.5) is 4.79 Å². The molecule has 0 aliphatic rings. The summed E-state index contributed by atoms with van der Waals surface area (Å²) in [5.74, 6) is -1.97. The van der Waals surface area contributed by atoms with E-state index in [4.69, 9.17) is 17.1 Å². The predicted octanol–water partition coefficient (Wildman–Crippen LogP) is -1.11. The number of alkyl carbamates (subject to hydrolysis) is 1. The Hall–Kier alpha value is -0.390. The number of nitrogens with one attached hydrogen (secondary N) is 2. The average Bonchev–Trinajstić information content (AvgIpc) is 2.30. The Labute approximate surface area is 155 Å². The van der Waals surface area contributed by atoms with Crippen LogP contribution in [0.25, 0.3) is 0 Å². The predicted molar refractivity (Wildman–Crippen MR) is 80.0 cm³/mol. The minimum Gasteiger partial charge on any atom is -0.444 e. The van der Waals surface area contributed by atoms with Crippen molar-refractivity contribution in [3.05, 3.63) is 0 Å². The van der Waals surface area contributed by atoms with E-state index in [1.807, 2.05) is 5.32 Å². The van der Waals surface area contributed by atoms with Gasteiger partial charge in [-0.3, -0.25) is 9.35 Å². The topological polar surface area (TPSA) is 142 Å². The van der Waals surface area contributed by atoms with E-state index in [2.05, 4.69) is 5.32 Å². The van der Waals surface area contributed by atoms with E-state index in [-0.39, 0.29) is 29.6 Å². The molecule has 0 bridgehead atoms. The Morgan fingerprint density at radius 1 is 1.36 bits per heavy atom. The zero-order valence-corrected chi connectivity index (χ0v) is 15.9. The zero-order chi connectivity index (χ0) is 18.5. The summed E-state index contributed by atoms with van der Waals surface area (Å²) in [5, 5.41) is 13.0. The van der Waals surface area contributed by atoms with Crippen LogP contribution in [-0.4, -0.2) is 90.1 Å². The van der Waals surface area contributed by atoms with Crippen LogP contribution in [0.1, 0.15) is 29.9 Å². The van der Waals surface area contributed by atoms with E-state index < -0.39 is 59.0 Å². The first kappa shape index (κ1) is 19.7. The van der Waals surface area contributed by atoms with Crippen molar-refractivity contribution in [1.29, 1.82) is 0 Å². The van der Waals surface area contributed by atoms with Crippen molar-refractivity contribution in [2.24, 2.45) is 0 Å². The number of hydrogen-bond acceptors (Lipinski definition) is 6. The van der Waals surface area contributed by atoms with Crippen molar-refractivity contribution < 1.29 is 35.1 Å². The van der Waals surface area contributed by atoms with Gasteiger partial charge in [0.1, 0.15) is 11.6 Å². The SMILES string of the molecule is [2H]C([2H])(CCS(=O)(=O)O)NC(=O)[C@H](CO)NC(=O)OC(C)(C)C.[Na]. The van der Waals surface area contributed by atoms with Crippen LogP contribution in [0.2, 0.25) is 0 Å². The van der Waals surface area contributed by atoms with Crippen LogP contribution in [0.5, 0.6) is 0 Å². The van der Waals surface area contributed by atoms with Crippen molar-refractivity contribution in [2.45, 2.75) is 38.8 Å². The molecular weight excluding hydrogens is 327 g/mol. The van der Waals surface area contributed by atoms with Gasteiger partial charge in [0, 0.05) is 38.8 Å². The molecule has 0 heterocycles. The van der Waals surface area contributed by atoms with Crippen molar-refractivity contribution in [3.8, 4) is 0 Å². The van der Waals surface area contributed by atoms with Crippen molar-refractivity contribution >= 4 is 51.7 Å². The summed E-state index contributed by atoms with van der Waals surface area (Å²) in [6.07, 6.45) is -1.69. The maximum atomic E-state index is 11.8. The number of amides is 2. The number of aliphatic hydroxyl groups is 1. The van der Waals surface area contributed by atoms with E-state index in [9.17, 15) is 18.0 Å². The molecule has 0 aromatic heterocycles. The molecule has 0 spiro atoms. The Morgan fingerprint density at radius 2 is 1.91 bits per heavy atom. The number of ether oxygens (including phenoxy) is 1. The first-order chi connectivity index (χ1) is 10.2. The maximum Gasteiger partial charge on any atom is 0.408 e. The van der Waals surface area contributed by atoms with Gasteiger partial charge in [-0.1, -0.05) is 0 Å². The Bertz CT molecular complexity index is 537. The minimum atomic E-state index is -4.39. The van der Waals surface area contributed by atoms with Gasteiger partial charge >= 0.3 is 6.09 Å². The number of carbonyl (C=O) groups is 2. The summed E-state index contributed by atoms with van der Waals surface area (Å²) in [4.78, 5) is 23.3. The second-order valence-corrected chi connectivity index (χ2v) is 6.66. The van der Waals surface area contributed by atoms with Crippen LogP contribution in [0.15, 0.2) is 0 Å². The molecule has 0 aliphatic carbocycles. The largest absolute Gasteiger partial charge is 0.444 e. The standard InChI is InChI=1S/C11H22N2O7S.Na/c1-11(2,3)20-10(16)13-8(7-14)9(15)12-5-4-6-21(17,18)19;/h8,14H,4-7H2,1-3H3,(H,12,15)(H,13,16)(H,17,18,19);/t8-;/m0./s1/i5D2;. The molecule has 11 heteroatoms.